The molecule has 1 aliphatic heterocycles. The summed E-state index contributed by atoms with van der Waals surface area (Å²) in [6, 6.07) is 3.63. The molecular formula is C13H13FN2O3. The van der Waals surface area contributed by atoms with Gasteiger partial charge in [-0.15, -0.1) is 0 Å². The van der Waals surface area contributed by atoms with Gasteiger partial charge in [0.2, 0.25) is 11.8 Å². The highest BCUT2D eigenvalue weighted by Crippen LogP contribution is 2.29. The molecule has 0 aliphatic carbocycles. The molecule has 1 fully saturated rings. The van der Waals surface area contributed by atoms with Crippen LogP contribution < -0.4 is 10.6 Å². The molecule has 0 saturated carbocycles. The Hall–Kier alpha value is -2.24. The third-order valence-electron chi connectivity index (χ3n) is 3.16. The second kappa shape index (κ2) is 4.79. The van der Waals surface area contributed by atoms with Crippen LogP contribution in [0.15, 0.2) is 18.2 Å². The Balaban J connectivity index is 2.40. The number of nitrogens with two attached hydrogens (primary N) is 1. The van der Waals surface area contributed by atoms with Gasteiger partial charge in [0, 0.05) is 18.5 Å². The Kier molecular flexibility index (Phi) is 3.33. The van der Waals surface area contributed by atoms with Crippen molar-refractivity contribution >= 4 is 23.3 Å². The summed E-state index contributed by atoms with van der Waals surface area (Å²) < 4.78 is 13.2. The molecule has 1 heterocycles. The summed E-state index contributed by atoms with van der Waals surface area (Å²) in [6.07, 6.45) is 0.0179. The Morgan fingerprint density at radius 3 is 2.63 bits per heavy atom. The van der Waals surface area contributed by atoms with Crippen LogP contribution in [-0.2, 0) is 9.59 Å². The van der Waals surface area contributed by atoms with Crippen molar-refractivity contribution in [1.29, 1.82) is 0 Å². The summed E-state index contributed by atoms with van der Waals surface area (Å²) in [4.78, 5) is 35.8. The predicted molar refractivity (Wildman–Crippen MR) is 66.1 cm³/mol. The standard InChI is InChI=1S/C13H13FN2O3/c1-7(17)10-5-9(14)2-3-11(10)16-6-8(13(15)19)4-12(16)18/h2-3,5,8H,4,6H2,1H3,(H2,15,19). The van der Waals surface area contributed by atoms with Gasteiger partial charge in [0.05, 0.1) is 11.6 Å². The zero-order valence-electron chi connectivity index (χ0n) is 10.4. The van der Waals surface area contributed by atoms with Crippen LogP contribution in [0, 0.1) is 11.7 Å². The van der Waals surface area contributed by atoms with Crippen molar-refractivity contribution < 1.29 is 18.8 Å². The Labute approximate surface area is 109 Å². The molecule has 2 rings (SSSR count). The molecule has 0 spiro atoms. The first-order chi connectivity index (χ1) is 8.90. The molecule has 19 heavy (non-hydrogen) atoms. The zero-order valence-corrected chi connectivity index (χ0v) is 10.4. The normalized spacial score (nSPS) is 18.7. The summed E-state index contributed by atoms with van der Waals surface area (Å²) in [5.74, 6) is -2.31. The Morgan fingerprint density at radius 2 is 2.11 bits per heavy atom. The maximum atomic E-state index is 13.2. The largest absolute Gasteiger partial charge is 0.369 e. The number of Topliss-reactive ketones (excluding diaryl/α,β-unsaturated/α-hetero) is 1. The number of halogens is 1. The summed E-state index contributed by atoms with van der Waals surface area (Å²) in [7, 11) is 0. The molecule has 1 aromatic rings. The monoisotopic (exact) mass is 264 g/mol. The van der Waals surface area contributed by atoms with Gasteiger partial charge in [-0.05, 0) is 25.1 Å². The van der Waals surface area contributed by atoms with Crippen LogP contribution in [0.3, 0.4) is 0 Å². The quantitative estimate of drug-likeness (QED) is 0.822. The molecule has 5 nitrogen and oxygen atoms in total. The number of ketones is 1. The van der Waals surface area contributed by atoms with Crippen molar-refractivity contribution in [3.63, 3.8) is 0 Å². The molecule has 0 bridgehead atoms. The second-order valence-electron chi connectivity index (χ2n) is 4.53. The van der Waals surface area contributed by atoms with E-state index in [0.29, 0.717) is 5.69 Å². The van der Waals surface area contributed by atoms with E-state index in [9.17, 15) is 18.8 Å². The van der Waals surface area contributed by atoms with Crippen LogP contribution in [-0.4, -0.2) is 24.1 Å². The van der Waals surface area contributed by atoms with Crippen LogP contribution in [0.4, 0.5) is 10.1 Å². The summed E-state index contributed by atoms with van der Waals surface area (Å²) in [6.45, 7) is 1.42. The van der Waals surface area contributed by atoms with E-state index in [2.05, 4.69) is 0 Å². The topological polar surface area (TPSA) is 80.5 Å². The number of carbonyl (C=O) groups excluding carboxylic acids is 3. The predicted octanol–water partition coefficient (Wildman–Crippen LogP) is 0.867. The van der Waals surface area contributed by atoms with E-state index < -0.39 is 17.6 Å². The fourth-order valence-corrected chi connectivity index (χ4v) is 2.16. The van der Waals surface area contributed by atoms with Crippen molar-refractivity contribution in [3.05, 3.63) is 29.6 Å². The highest BCUT2D eigenvalue weighted by molar-refractivity contribution is 6.07. The highest BCUT2D eigenvalue weighted by Gasteiger charge is 2.35. The fraction of sp³-hybridized carbons (Fsp3) is 0.308. The first-order valence-electron chi connectivity index (χ1n) is 5.80. The number of carbonyl (C=O) groups is 3. The highest BCUT2D eigenvalue weighted by atomic mass is 19.1. The minimum atomic E-state index is -0.572. The van der Waals surface area contributed by atoms with Crippen molar-refractivity contribution in [2.45, 2.75) is 13.3 Å². The molecule has 1 saturated heterocycles. The molecule has 1 atom stereocenters. The number of amides is 2. The molecule has 0 aromatic heterocycles. The lowest BCUT2D eigenvalue weighted by atomic mass is 10.1. The molecule has 100 valence electrons. The molecule has 6 heteroatoms. The minimum Gasteiger partial charge on any atom is -0.369 e. The maximum Gasteiger partial charge on any atom is 0.227 e. The third kappa shape index (κ3) is 2.47. The second-order valence-corrected chi connectivity index (χ2v) is 4.53. The van der Waals surface area contributed by atoms with E-state index in [1.165, 1.54) is 24.0 Å². The summed E-state index contributed by atoms with van der Waals surface area (Å²) in [5, 5.41) is 0. The number of rotatable bonds is 3. The Morgan fingerprint density at radius 1 is 1.42 bits per heavy atom. The van der Waals surface area contributed by atoms with Gasteiger partial charge in [-0.1, -0.05) is 0 Å². The zero-order chi connectivity index (χ0) is 14.2. The van der Waals surface area contributed by atoms with Gasteiger partial charge >= 0.3 is 0 Å². The molecule has 1 aromatic carbocycles. The Bertz CT molecular complexity index is 571. The lowest BCUT2D eigenvalue weighted by Gasteiger charge is -2.19. The minimum absolute atomic E-state index is 0.0179. The number of hydrogen-bond acceptors (Lipinski definition) is 3. The molecule has 2 N–H and O–H groups in total. The SMILES string of the molecule is CC(=O)c1cc(F)ccc1N1CC(C(N)=O)CC1=O. The number of primary amides is 1. The fourth-order valence-electron chi connectivity index (χ4n) is 2.16. The van der Waals surface area contributed by atoms with E-state index in [-0.39, 0.29) is 30.2 Å². The summed E-state index contributed by atoms with van der Waals surface area (Å²) in [5.41, 5.74) is 5.62. The average molecular weight is 264 g/mol. The lowest BCUT2D eigenvalue weighted by Crippen LogP contribution is -2.29. The van der Waals surface area contributed by atoms with Crippen LogP contribution in [0.2, 0.25) is 0 Å². The van der Waals surface area contributed by atoms with E-state index in [1.54, 1.807) is 0 Å². The van der Waals surface area contributed by atoms with E-state index in [4.69, 9.17) is 5.73 Å². The van der Waals surface area contributed by atoms with Crippen LogP contribution >= 0.6 is 0 Å². The van der Waals surface area contributed by atoms with E-state index in [1.807, 2.05) is 0 Å². The van der Waals surface area contributed by atoms with Crippen molar-refractivity contribution in [1.82, 2.24) is 0 Å². The van der Waals surface area contributed by atoms with Crippen molar-refractivity contribution in [2.75, 3.05) is 11.4 Å². The van der Waals surface area contributed by atoms with Gasteiger partial charge in [0.15, 0.2) is 5.78 Å². The average Bonchev–Trinajstić information content (AvgIpc) is 2.71. The maximum absolute atomic E-state index is 13.2. The summed E-state index contributed by atoms with van der Waals surface area (Å²) >= 11 is 0. The van der Waals surface area contributed by atoms with Crippen LogP contribution in [0.5, 0.6) is 0 Å². The first kappa shape index (κ1) is 13.2. The van der Waals surface area contributed by atoms with E-state index >= 15 is 0 Å². The lowest BCUT2D eigenvalue weighted by molar-refractivity contribution is -0.123. The molecule has 1 aliphatic rings. The number of benzene rings is 1. The van der Waals surface area contributed by atoms with E-state index in [0.717, 1.165) is 6.07 Å². The first-order valence-corrected chi connectivity index (χ1v) is 5.80. The smallest absolute Gasteiger partial charge is 0.227 e. The van der Waals surface area contributed by atoms with Gasteiger partial charge < -0.3 is 10.6 Å². The number of anilines is 1. The molecular weight excluding hydrogens is 251 g/mol. The third-order valence-corrected chi connectivity index (χ3v) is 3.16. The molecule has 0 radical (unpaired) electrons. The van der Waals surface area contributed by atoms with Crippen LogP contribution in [0.25, 0.3) is 0 Å². The van der Waals surface area contributed by atoms with Gasteiger partial charge in [-0.2, -0.15) is 0 Å². The van der Waals surface area contributed by atoms with Crippen molar-refractivity contribution in [3.8, 4) is 0 Å². The van der Waals surface area contributed by atoms with Gasteiger partial charge in [0.1, 0.15) is 5.82 Å². The van der Waals surface area contributed by atoms with Crippen LogP contribution in [0.1, 0.15) is 23.7 Å². The van der Waals surface area contributed by atoms with Gasteiger partial charge in [-0.25, -0.2) is 4.39 Å². The molecule has 2 amide bonds. The molecule has 1 unspecified atom stereocenters. The number of nitrogens with zero attached hydrogens (tertiary/aromatic N) is 1. The van der Waals surface area contributed by atoms with Gasteiger partial charge in [0.25, 0.3) is 0 Å². The van der Waals surface area contributed by atoms with Crippen molar-refractivity contribution in [2.24, 2.45) is 11.7 Å². The van der Waals surface area contributed by atoms with Gasteiger partial charge in [-0.3, -0.25) is 14.4 Å². The number of hydrogen-bond donors (Lipinski definition) is 1.